The third-order valence-corrected chi connectivity index (χ3v) is 2.51. The van der Waals surface area contributed by atoms with Gasteiger partial charge in [0.05, 0.1) is 0 Å². The molecule has 0 spiro atoms. The van der Waals surface area contributed by atoms with Crippen molar-refractivity contribution in [3.63, 3.8) is 0 Å². The zero-order valence-corrected chi connectivity index (χ0v) is 7.51. The van der Waals surface area contributed by atoms with Gasteiger partial charge in [-0.1, -0.05) is 18.2 Å². The molecule has 1 aromatic carbocycles. The average molecular weight is 179 g/mol. The van der Waals surface area contributed by atoms with E-state index in [1.807, 2.05) is 31.2 Å². The molecular formula is C10H13NO2. The minimum Gasteiger partial charge on any atom is -0.384 e. The lowest BCUT2D eigenvalue weighted by Gasteiger charge is -2.22. The molecule has 0 saturated carbocycles. The minimum absolute atomic E-state index is 0.704. The first-order chi connectivity index (χ1) is 6.25. The molecule has 3 nitrogen and oxygen atoms in total. The number of aliphatic hydroxyl groups is 2. The highest BCUT2D eigenvalue weighted by molar-refractivity contribution is 5.59. The van der Waals surface area contributed by atoms with E-state index in [1.165, 1.54) is 0 Å². The van der Waals surface area contributed by atoms with Crippen molar-refractivity contribution in [3.8, 4) is 0 Å². The van der Waals surface area contributed by atoms with Gasteiger partial charge < -0.3 is 15.1 Å². The fourth-order valence-electron chi connectivity index (χ4n) is 1.83. The van der Waals surface area contributed by atoms with Gasteiger partial charge in [0, 0.05) is 17.8 Å². The normalized spacial score (nSPS) is 26.2. The van der Waals surface area contributed by atoms with Crippen molar-refractivity contribution in [2.24, 2.45) is 0 Å². The van der Waals surface area contributed by atoms with E-state index in [0.717, 1.165) is 11.3 Å². The van der Waals surface area contributed by atoms with Gasteiger partial charge in [-0.25, -0.2) is 0 Å². The molecule has 0 aliphatic carbocycles. The molecule has 2 atom stereocenters. The zero-order valence-electron chi connectivity index (χ0n) is 7.51. The largest absolute Gasteiger partial charge is 0.384 e. The number of nitrogens with zero attached hydrogens (tertiary/aromatic N) is 1. The van der Waals surface area contributed by atoms with E-state index in [-0.39, 0.29) is 0 Å². The lowest BCUT2D eigenvalue weighted by Crippen LogP contribution is -2.33. The van der Waals surface area contributed by atoms with Gasteiger partial charge in [-0.2, -0.15) is 0 Å². The molecule has 1 aliphatic rings. The van der Waals surface area contributed by atoms with E-state index in [9.17, 15) is 10.2 Å². The molecule has 0 aromatic heterocycles. The molecule has 0 radical (unpaired) electrons. The van der Waals surface area contributed by atoms with Crippen LogP contribution in [0, 0.1) is 0 Å². The van der Waals surface area contributed by atoms with E-state index in [0.29, 0.717) is 6.54 Å². The Kier molecular flexibility index (Phi) is 1.98. The van der Waals surface area contributed by atoms with Gasteiger partial charge in [0.2, 0.25) is 0 Å². The van der Waals surface area contributed by atoms with Crippen LogP contribution in [0.1, 0.15) is 18.6 Å². The van der Waals surface area contributed by atoms with Crippen LogP contribution in [0.15, 0.2) is 24.3 Å². The molecule has 1 aliphatic heterocycles. The van der Waals surface area contributed by atoms with E-state index in [2.05, 4.69) is 0 Å². The fourth-order valence-corrected chi connectivity index (χ4v) is 1.83. The van der Waals surface area contributed by atoms with E-state index in [4.69, 9.17) is 0 Å². The molecule has 70 valence electrons. The summed E-state index contributed by atoms with van der Waals surface area (Å²) in [5, 5.41) is 19.3. The van der Waals surface area contributed by atoms with Crippen molar-refractivity contribution in [3.05, 3.63) is 29.8 Å². The Bertz CT molecular complexity index is 314. The van der Waals surface area contributed by atoms with E-state index >= 15 is 0 Å². The molecule has 13 heavy (non-hydrogen) atoms. The molecule has 0 amide bonds. The number of hydrogen-bond donors (Lipinski definition) is 2. The van der Waals surface area contributed by atoms with Gasteiger partial charge in [0.1, 0.15) is 6.10 Å². The number of aliphatic hydroxyl groups excluding tert-OH is 2. The monoisotopic (exact) mass is 179 g/mol. The zero-order chi connectivity index (χ0) is 9.42. The van der Waals surface area contributed by atoms with Gasteiger partial charge in [-0.05, 0) is 13.0 Å². The first kappa shape index (κ1) is 8.53. The summed E-state index contributed by atoms with van der Waals surface area (Å²) >= 11 is 0. The molecule has 2 unspecified atom stereocenters. The lowest BCUT2D eigenvalue weighted by molar-refractivity contribution is 0.0294. The molecule has 1 heterocycles. The van der Waals surface area contributed by atoms with Crippen LogP contribution in [-0.4, -0.2) is 23.0 Å². The van der Waals surface area contributed by atoms with Gasteiger partial charge in [-0.3, -0.25) is 0 Å². The standard InChI is InChI=1S/C10H13NO2/c1-2-11-8-6-4-3-5-7(8)9(12)10(11)13/h3-6,9-10,12-13H,2H2,1H3. The highest BCUT2D eigenvalue weighted by Gasteiger charge is 2.34. The summed E-state index contributed by atoms with van der Waals surface area (Å²) in [6.07, 6.45) is -1.56. The highest BCUT2D eigenvalue weighted by Crippen LogP contribution is 2.37. The maximum absolute atomic E-state index is 9.66. The Morgan fingerprint density at radius 1 is 1.31 bits per heavy atom. The molecule has 1 aromatic rings. The molecule has 0 bridgehead atoms. The summed E-state index contributed by atoms with van der Waals surface area (Å²) in [4.78, 5) is 1.79. The van der Waals surface area contributed by atoms with Crippen LogP contribution in [-0.2, 0) is 0 Å². The average Bonchev–Trinajstić information content (AvgIpc) is 2.41. The smallest absolute Gasteiger partial charge is 0.157 e. The number of rotatable bonds is 1. The quantitative estimate of drug-likeness (QED) is 0.672. The SMILES string of the molecule is CCN1c2ccccc2C(O)C1O. The molecule has 3 heteroatoms. The summed E-state index contributed by atoms with van der Waals surface area (Å²) in [5.41, 5.74) is 1.75. The topological polar surface area (TPSA) is 43.7 Å². The van der Waals surface area contributed by atoms with Crippen LogP contribution in [0.2, 0.25) is 0 Å². The van der Waals surface area contributed by atoms with Crippen molar-refractivity contribution in [1.29, 1.82) is 0 Å². The van der Waals surface area contributed by atoms with Crippen LogP contribution < -0.4 is 4.90 Å². The van der Waals surface area contributed by atoms with Crippen LogP contribution in [0.3, 0.4) is 0 Å². The summed E-state index contributed by atoms with van der Waals surface area (Å²) in [5.74, 6) is 0. The summed E-state index contributed by atoms with van der Waals surface area (Å²) < 4.78 is 0. The second-order valence-electron chi connectivity index (χ2n) is 3.20. The summed E-state index contributed by atoms with van der Waals surface area (Å²) in [7, 11) is 0. The first-order valence-corrected chi connectivity index (χ1v) is 4.47. The molecule has 0 fully saturated rings. The predicted molar refractivity (Wildman–Crippen MR) is 50.4 cm³/mol. The number of anilines is 1. The third-order valence-electron chi connectivity index (χ3n) is 2.51. The first-order valence-electron chi connectivity index (χ1n) is 4.47. The van der Waals surface area contributed by atoms with Gasteiger partial charge >= 0.3 is 0 Å². The lowest BCUT2D eigenvalue weighted by atomic mass is 10.1. The number of hydrogen-bond acceptors (Lipinski definition) is 3. The Hall–Kier alpha value is -1.06. The van der Waals surface area contributed by atoms with Crippen LogP contribution in [0.4, 0.5) is 5.69 Å². The van der Waals surface area contributed by atoms with Gasteiger partial charge in [-0.15, -0.1) is 0 Å². The number of benzene rings is 1. The van der Waals surface area contributed by atoms with Crippen molar-refractivity contribution in [1.82, 2.24) is 0 Å². The second kappa shape index (κ2) is 3.01. The van der Waals surface area contributed by atoms with Crippen molar-refractivity contribution in [2.75, 3.05) is 11.4 Å². The Labute approximate surface area is 77.2 Å². The van der Waals surface area contributed by atoms with Crippen molar-refractivity contribution in [2.45, 2.75) is 19.3 Å². The van der Waals surface area contributed by atoms with Crippen LogP contribution in [0.5, 0.6) is 0 Å². The predicted octanol–water partition coefficient (Wildman–Crippen LogP) is 0.878. The maximum Gasteiger partial charge on any atom is 0.157 e. The van der Waals surface area contributed by atoms with Crippen LogP contribution in [0.25, 0.3) is 0 Å². The highest BCUT2D eigenvalue weighted by atomic mass is 16.3. The third kappa shape index (κ3) is 1.12. The van der Waals surface area contributed by atoms with Crippen LogP contribution >= 0.6 is 0 Å². The summed E-state index contributed by atoms with van der Waals surface area (Å²) in [6.45, 7) is 2.66. The Morgan fingerprint density at radius 3 is 2.69 bits per heavy atom. The number of likely N-dealkylation sites (N-methyl/N-ethyl adjacent to an activating group) is 1. The molecule has 2 rings (SSSR count). The fraction of sp³-hybridized carbons (Fsp3) is 0.400. The Balaban J connectivity index is 2.47. The maximum atomic E-state index is 9.66. The number of para-hydroxylation sites is 1. The molecule has 0 saturated heterocycles. The van der Waals surface area contributed by atoms with Gasteiger partial charge in [0.15, 0.2) is 6.23 Å². The van der Waals surface area contributed by atoms with E-state index < -0.39 is 12.3 Å². The Morgan fingerprint density at radius 2 is 2.00 bits per heavy atom. The van der Waals surface area contributed by atoms with Gasteiger partial charge in [0.25, 0.3) is 0 Å². The molecule has 2 N–H and O–H groups in total. The number of fused-ring (bicyclic) bond motifs is 1. The van der Waals surface area contributed by atoms with E-state index in [1.54, 1.807) is 4.90 Å². The minimum atomic E-state index is -0.789. The second-order valence-corrected chi connectivity index (χ2v) is 3.20. The van der Waals surface area contributed by atoms with Crippen molar-refractivity contribution >= 4 is 5.69 Å². The summed E-state index contributed by atoms with van der Waals surface area (Å²) in [6, 6.07) is 7.54. The molecular weight excluding hydrogens is 166 g/mol. The van der Waals surface area contributed by atoms with Crippen molar-refractivity contribution < 1.29 is 10.2 Å².